The number of carbonyl (C=O) groups is 2. The first kappa shape index (κ1) is 31.1. The summed E-state index contributed by atoms with van der Waals surface area (Å²) in [4.78, 5) is 41.0. The number of aromatic nitrogens is 4. The molecule has 1 saturated carbocycles. The maximum absolute atomic E-state index is 13.8. The molecule has 5 atom stereocenters. The molecule has 4 N–H and O–H groups in total. The van der Waals surface area contributed by atoms with Crippen molar-refractivity contribution in [2.75, 3.05) is 26.8 Å². The first-order valence-electron chi connectivity index (χ1n) is 17.6. The third kappa shape index (κ3) is 5.29. The first-order valence-corrected chi connectivity index (χ1v) is 17.6. The van der Waals surface area contributed by atoms with Gasteiger partial charge in [0.1, 0.15) is 17.0 Å². The number of nitrogens with zero attached hydrogens (tertiary/aromatic N) is 6. The highest BCUT2D eigenvalue weighted by atomic mass is 16.5. The number of urea groups is 1. The predicted molar refractivity (Wildman–Crippen MR) is 182 cm³/mol. The number of methoxy groups -OCH3 is 1. The molecule has 4 fully saturated rings. The van der Waals surface area contributed by atoms with Gasteiger partial charge in [-0.3, -0.25) is 9.20 Å². The van der Waals surface area contributed by atoms with Crippen LogP contribution in [0.25, 0.3) is 28.1 Å². The fourth-order valence-electron chi connectivity index (χ4n) is 8.40. The number of aliphatic hydroxyl groups is 1. The molecule has 0 spiro atoms. The van der Waals surface area contributed by atoms with E-state index in [1.54, 1.807) is 7.11 Å². The number of carbonyl (C=O) groups excluding carboxylic acids is 2. The number of nitrogens with two attached hydrogens (primary N) is 1. The summed E-state index contributed by atoms with van der Waals surface area (Å²) in [5.74, 6) is 1.50. The summed E-state index contributed by atoms with van der Waals surface area (Å²) in [6, 6.07) is 9.90. The molecule has 7 heterocycles. The van der Waals surface area contributed by atoms with E-state index in [-0.39, 0.29) is 42.7 Å². The van der Waals surface area contributed by atoms with Crippen molar-refractivity contribution in [3.8, 4) is 17.3 Å². The third-order valence-corrected chi connectivity index (χ3v) is 11.2. The van der Waals surface area contributed by atoms with Gasteiger partial charge in [-0.1, -0.05) is 0 Å². The van der Waals surface area contributed by atoms with Crippen molar-refractivity contribution >= 4 is 28.6 Å². The fourth-order valence-corrected chi connectivity index (χ4v) is 8.40. The van der Waals surface area contributed by atoms with Gasteiger partial charge in [0, 0.05) is 61.4 Å². The lowest BCUT2D eigenvalue weighted by Crippen LogP contribution is -2.40. The zero-order valence-corrected chi connectivity index (χ0v) is 28.1. The zero-order chi connectivity index (χ0) is 33.3. The first-order chi connectivity index (χ1) is 23.2. The summed E-state index contributed by atoms with van der Waals surface area (Å²) in [5.41, 5.74) is 12.0. The lowest BCUT2D eigenvalue weighted by molar-refractivity contribution is 0.0726. The maximum Gasteiger partial charge on any atom is 0.317 e. The average Bonchev–Trinajstić information content (AvgIpc) is 3.42. The number of pyridine rings is 2. The highest BCUT2D eigenvalue weighted by molar-refractivity contribution is 5.97. The van der Waals surface area contributed by atoms with Crippen LogP contribution < -0.4 is 15.8 Å². The number of amides is 3. The van der Waals surface area contributed by atoms with Gasteiger partial charge in [0.05, 0.1) is 30.2 Å². The Labute approximate surface area is 280 Å². The number of ether oxygens (including phenoxy) is 1. The van der Waals surface area contributed by atoms with E-state index in [2.05, 4.69) is 22.0 Å². The van der Waals surface area contributed by atoms with Crippen molar-refractivity contribution in [3.05, 3.63) is 47.3 Å². The predicted octanol–water partition coefficient (Wildman–Crippen LogP) is 4.26. The van der Waals surface area contributed by atoms with Crippen LogP contribution in [0.3, 0.4) is 0 Å². The van der Waals surface area contributed by atoms with Crippen molar-refractivity contribution in [1.82, 2.24) is 34.1 Å². The summed E-state index contributed by atoms with van der Waals surface area (Å²) in [5, 5.41) is 13.5. The standard InChI is InChI=1S/C36H46N8O4/c1-20(38-36(47)41-12-10-23(18-41)11-13-45)28-8-6-24-14-30(42(34(24)39-28)19-22-4-5-22)33-21(2)43-31(40-33)15-25(16-32(43)48-3)35(46)44-26-7-9-29(44)27(37)17-26/h6,8,14-16,20,22-23,26-27,29,45H,4-5,7,9-13,17-19,37H2,1-3H3,(H,38,47)/t20-,23-,26+,27-,29-/m1/s1. The summed E-state index contributed by atoms with van der Waals surface area (Å²) in [6.07, 6.45) is 6.84. The fraction of sp³-hybridized carbons (Fsp3) is 0.556. The Kier molecular flexibility index (Phi) is 7.82. The summed E-state index contributed by atoms with van der Waals surface area (Å²) in [6.45, 7) is 6.38. The molecule has 3 aliphatic heterocycles. The van der Waals surface area contributed by atoms with Crippen LogP contribution in [0.15, 0.2) is 30.3 Å². The van der Waals surface area contributed by atoms with Crippen molar-refractivity contribution in [1.29, 1.82) is 0 Å². The van der Waals surface area contributed by atoms with Crippen LogP contribution in [0, 0.1) is 18.8 Å². The molecule has 0 aromatic carbocycles. The molecule has 2 bridgehead atoms. The number of likely N-dealkylation sites (tertiary alicyclic amines) is 1. The number of nitrogens with one attached hydrogen (secondary N) is 1. The van der Waals surface area contributed by atoms with Crippen LogP contribution >= 0.6 is 0 Å². The van der Waals surface area contributed by atoms with Gasteiger partial charge in [-0.05, 0) is 94.9 Å². The van der Waals surface area contributed by atoms with E-state index < -0.39 is 0 Å². The van der Waals surface area contributed by atoms with Gasteiger partial charge in [-0.15, -0.1) is 0 Å². The van der Waals surface area contributed by atoms with E-state index in [0.717, 1.165) is 72.5 Å². The highest BCUT2D eigenvalue weighted by Crippen LogP contribution is 2.40. The van der Waals surface area contributed by atoms with Crippen LogP contribution in [0.5, 0.6) is 5.88 Å². The van der Waals surface area contributed by atoms with E-state index in [0.29, 0.717) is 42.0 Å². The molecule has 12 nitrogen and oxygen atoms in total. The Morgan fingerprint density at radius 1 is 1.10 bits per heavy atom. The highest BCUT2D eigenvalue weighted by Gasteiger charge is 2.47. The van der Waals surface area contributed by atoms with Crippen molar-refractivity contribution in [2.45, 2.75) is 89.5 Å². The minimum absolute atomic E-state index is 0.00560. The van der Waals surface area contributed by atoms with E-state index in [1.165, 1.54) is 12.8 Å². The molecule has 3 saturated heterocycles. The maximum atomic E-state index is 13.8. The molecule has 4 aromatic rings. The van der Waals surface area contributed by atoms with Crippen molar-refractivity contribution in [2.24, 2.45) is 17.6 Å². The lowest BCUT2D eigenvalue weighted by Gasteiger charge is -2.23. The SMILES string of the molecule is COc1cc(C(=O)N2[C@H]3CC[C@@H]2[C@H](N)C3)cc2nc(-c3cc4ccc([C@@H](C)NC(=O)N5CC[C@H](CCO)C5)nc4n3CC3CC3)c(C)n12. The van der Waals surface area contributed by atoms with Crippen LogP contribution in [-0.4, -0.2) is 90.7 Å². The molecular weight excluding hydrogens is 608 g/mol. The molecule has 12 heteroatoms. The van der Waals surface area contributed by atoms with Gasteiger partial charge in [0.2, 0.25) is 0 Å². The second kappa shape index (κ2) is 12.1. The van der Waals surface area contributed by atoms with Gasteiger partial charge in [0.25, 0.3) is 5.91 Å². The summed E-state index contributed by atoms with van der Waals surface area (Å²) >= 11 is 0. The molecule has 0 radical (unpaired) electrons. The number of rotatable bonds is 9. The molecule has 8 rings (SSSR count). The Morgan fingerprint density at radius 2 is 1.94 bits per heavy atom. The molecule has 1 aliphatic carbocycles. The quantitative estimate of drug-likeness (QED) is 0.245. The van der Waals surface area contributed by atoms with Crippen molar-refractivity contribution < 1.29 is 19.4 Å². The second-order valence-corrected chi connectivity index (χ2v) is 14.5. The smallest absolute Gasteiger partial charge is 0.317 e. The van der Waals surface area contributed by atoms with Crippen LogP contribution in [0.1, 0.15) is 79.7 Å². The summed E-state index contributed by atoms with van der Waals surface area (Å²) < 4.78 is 10.1. The van der Waals surface area contributed by atoms with Gasteiger partial charge in [-0.25, -0.2) is 14.8 Å². The average molecular weight is 655 g/mol. The largest absolute Gasteiger partial charge is 0.482 e. The van der Waals surface area contributed by atoms with E-state index >= 15 is 0 Å². The number of hydrogen-bond acceptors (Lipinski definition) is 7. The van der Waals surface area contributed by atoms with Crippen LogP contribution in [0.2, 0.25) is 0 Å². The molecule has 48 heavy (non-hydrogen) atoms. The minimum Gasteiger partial charge on any atom is -0.482 e. The number of fused-ring (bicyclic) bond motifs is 4. The van der Waals surface area contributed by atoms with Crippen LogP contribution in [-0.2, 0) is 6.54 Å². The Bertz CT molecular complexity index is 1900. The van der Waals surface area contributed by atoms with Gasteiger partial charge in [0.15, 0.2) is 5.88 Å². The lowest BCUT2D eigenvalue weighted by atomic mass is 9.97. The number of aliphatic hydroxyl groups excluding tert-OH is 1. The molecular formula is C36H46N8O4. The van der Waals surface area contributed by atoms with E-state index in [9.17, 15) is 14.7 Å². The number of hydrogen-bond donors (Lipinski definition) is 3. The minimum atomic E-state index is -0.274. The molecule has 3 amide bonds. The van der Waals surface area contributed by atoms with E-state index in [4.69, 9.17) is 20.4 Å². The topological polar surface area (TPSA) is 143 Å². The van der Waals surface area contributed by atoms with Crippen LogP contribution in [0.4, 0.5) is 4.79 Å². The van der Waals surface area contributed by atoms with Gasteiger partial charge in [-0.2, -0.15) is 0 Å². The summed E-state index contributed by atoms with van der Waals surface area (Å²) in [7, 11) is 1.63. The van der Waals surface area contributed by atoms with Gasteiger partial charge < -0.3 is 35.3 Å². The molecule has 0 unspecified atom stereocenters. The van der Waals surface area contributed by atoms with Gasteiger partial charge >= 0.3 is 6.03 Å². The Balaban J connectivity index is 1.12. The molecule has 4 aliphatic rings. The molecule has 4 aromatic heterocycles. The number of aryl methyl sites for hydroxylation is 1. The Morgan fingerprint density at radius 3 is 2.65 bits per heavy atom. The normalized spacial score (nSPS) is 24.3. The third-order valence-electron chi connectivity index (χ3n) is 11.2. The van der Waals surface area contributed by atoms with E-state index in [1.807, 2.05) is 46.2 Å². The Hall–Kier alpha value is -4.16. The second-order valence-electron chi connectivity index (χ2n) is 14.5. The zero-order valence-electron chi connectivity index (χ0n) is 28.1. The molecule has 254 valence electrons. The monoisotopic (exact) mass is 654 g/mol. The number of imidazole rings is 1. The van der Waals surface area contributed by atoms with Crippen molar-refractivity contribution in [3.63, 3.8) is 0 Å².